The number of aromatic nitrogens is 2. The van der Waals surface area contributed by atoms with E-state index in [9.17, 15) is 0 Å². The smallest absolute Gasteiger partial charge is 0.147 e. The molecule has 0 aliphatic carbocycles. The van der Waals surface area contributed by atoms with E-state index in [0.29, 0.717) is 6.04 Å². The van der Waals surface area contributed by atoms with Gasteiger partial charge in [0.1, 0.15) is 5.82 Å². The Kier molecular flexibility index (Phi) is 3.39. The topological polar surface area (TPSA) is 41.1 Å². The van der Waals surface area contributed by atoms with Gasteiger partial charge < -0.3 is 10.2 Å². The van der Waals surface area contributed by atoms with Gasteiger partial charge in [-0.1, -0.05) is 6.92 Å². The van der Waals surface area contributed by atoms with Crippen LogP contribution in [-0.4, -0.2) is 35.6 Å². The molecule has 0 radical (unpaired) electrons. The van der Waals surface area contributed by atoms with E-state index in [1.165, 1.54) is 0 Å². The first-order valence-corrected chi connectivity index (χ1v) is 6.00. The SMILES string of the molecule is CCCN(c1cnc(C)c(C)n1)C1CNC1. The van der Waals surface area contributed by atoms with Crippen LogP contribution in [0.4, 0.5) is 5.82 Å². The lowest BCUT2D eigenvalue weighted by Crippen LogP contribution is -2.57. The molecule has 0 aromatic carbocycles. The average Bonchev–Trinajstić information content (AvgIpc) is 2.19. The standard InChI is InChI=1S/C12H20N4/c1-4-5-16(11-6-13-7-11)12-8-14-9(2)10(3)15-12/h8,11,13H,4-7H2,1-3H3. The van der Waals surface area contributed by atoms with Gasteiger partial charge in [0.05, 0.1) is 23.6 Å². The van der Waals surface area contributed by atoms with Crippen LogP contribution in [0.3, 0.4) is 0 Å². The van der Waals surface area contributed by atoms with Gasteiger partial charge in [-0.25, -0.2) is 4.98 Å². The summed E-state index contributed by atoms with van der Waals surface area (Å²) in [5, 5.41) is 3.31. The Morgan fingerprint density at radius 1 is 1.38 bits per heavy atom. The Balaban J connectivity index is 2.20. The van der Waals surface area contributed by atoms with Crippen LogP contribution in [0, 0.1) is 13.8 Å². The third-order valence-electron chi connectivity index (χ3n) is 3.14. The molecule has 1 aromatic rings. The van der Waals surface area contributed by atoms with Crippen LogP contribution in [0.5, 0.6) is 0 Å². The van der Waals surface area contributed by atoms with Gasteiger partial charge in [-0.05, 0) is 20.3 Å². The molecule has 0 bridgehead atoms. The molecule has 0 atom stereocenters. The third kappa shape index (κ3) is 2.16. The van der Waals surface area contributed by atoms with Gasteiger partial charge >= 0.3 is 0 Å². The summed E-state index contributed by atoms with van der Waals surface area (Å²) in [6, 6.07) is 0.594. The highest BCUT2D eigenvalue weighted by Gasteiger charge is 2.25. The Morgan fingerprint density at radius 2 is 2.12 bits per heavy atom. The molecule has 1 aliphatic rings. The van der Waals surface area contributed by atoms with Crippen LogP contribution in [0.1, 0.15) is 24.7 Å². The van der Waals surface area contributed by atoms with Crippen LogP contribution >= 0.6 is 0 Å². The van der Waals surface area contributed by atoms with Crippen molar-refractivity contribution >= 4 is 5.82 Å². The van der Waals surface area contributed by atoms with E-state index < -0.39 is 0 Å². The predicted molar refractivity (Wildman–Crippen MR) is 65.8 cm³/mol. The van der Waals surface area contributed by atoms with Crippen molar-refractivity contribution in [3.8, 4) is 0 Å². The minimum atomic E-state index is 0.594. The van der Waals surface area contributed by atoms with E-state index >= 15 is 0 Å². The van der Waals surface area contributed by atoms with Gasteiger partial charge in [-0.15, -0.1) is 0 Å². The molecule has 0 spiro atoms. The summed E-state index contributed by atoms with van der Waals surface area (Å²) >= 11 is 0. The van der Waals surface area contributed by atoms with E-state index in [1.54, 1.807) is 0 Å². The second-order valence-corrected chi connectivity index (χ2v) is 4.40. The zero-order chi connectivity index (χ0) is 11.5. The van der Waals surface area contributed by atoms with Crippen molar-refractivity contribution in [2.45, 2.75) is 33.2 Å². The first kappa shape index (κ1) is 11.3. The first-order chi connectivity index (χ1) is 7.72. The lowest BCUT2D eigenvalue weighted by Gasteiger charge is -2.39. The highest BCUT2D eigenvalue weighted by atomic mass is 15.3. The summed E-state index contributed by atoms with van der Waals surface area (Å²) in [5.74, 6) is 1.02. The molecule has 0 saturated carbocycles. The van der Waals surface area contributed by atoms with Crippen molar-refractivity contribution in [2.24, 2.45) is 0 Å². The van der Waals surface area contributed by atoms with Gasteiger partial charge in [0, 0.05) is 19.6 Å². The fourth-order valence-corrected chi connectivity index (χ4v) is 1.89. The van der Waals surface area contributed by atoms with Crippen LogP contribution in [0.15, 0.2) is 6.20 Å². The minimum absolute atomic E-state index is 0.594. The molecule has 1 aliphatic heterocycles. The largest absolute Gasteiger partial charge is 0.350 e. The third-order valence-corrected chi connectivity index (χ3v) is 3.14. The van der Waals surface area contributed by atoms with Gasteiger partial charge in [0.25, 0.3) is 0 Å². The second kappa shape index (κ2) is 4.78. The molecule has 1 aromatic heterocycles. The summed E-state index contributed by atoms with van der Waals surface area (Å²) < 4.78 is 0. The average molecular weight is 220 g/mol. The molecular weight excluding hydrogens is 200 g/mol. The minimum Gasteiger partial charge on any atom is -0.350 e. The maximum absolute atomic E-state index is 4.63. The fourth-order valence-electron chi connectivity index (χ4n) is 1.89. The van der Waals surface area contributed by atoms with Crippen molar-refractivity contribution in [1.82, 2.24) is 15.3 Å². The number of hydrogen-bond donors (Lipinski definition) is 1. The molecule has 4 heteroatoms. The molecule has 1 N–H and O–H groups in total. The van der Waals surface area contributed by atoms with Crippen LogP contribution < -0.4 is 10.2 Å². The lowest BCUT2D eigenvalue weighted by atomic mass is 10.1. The van der Waals surface area contributed by atoms with Crippen LogP contribution in [0.2, 0.25) is 0 Å². The van der Waals surface area contributed by atoms with Crippen LogP contribution in [-0.2, 0) is 0 Å². The monoisotopic (exact) mass is 220 g/mol. The molecule has 2 heterocycles. The molecule has 1 saturated heterocycles. The van der Waals surface area contributed by atoms with Gasteiger partial charge in [-0.2, -0.15) is 0 Å². The number of aryl methyl sites for hydroxylation is 2. The normalized spacial score (nSPS) is 15.9. The first-order valence-electron chi connectivity index (χ1n) is 6.00. The summed E-state index contributed by atoms with van der Waals surface area (Å²) in [4.78, 5) is 11.4. The summed E-state index contributed by atoms with van der Waals surface area (Å²) in [7, 11) is 0. The fraction of sp³-hybridized carbons (Fsp3) is 0.667. The molecular formula is C12H20N4. The highest BCUT2D eigenvalue weighted by Crippen LogP contribution is 2.17. The van der Waals surface area contributed by atoms with E-state index in [1.807, 2.05) is 20.0 Å². The van der Waals surface area contributed by atoms with E-state index in [4.69, 9.17) is 0 Å². The summed E-state index contributed by atoms with van der Waals surface area (Å²) in [6.07, 6.45) is 3.04. The molecule has 88 valence electrons. The zero-order valence-electron chi connectivity index (χ0n) is 10.3. The molecule has 1 fully saturated rings. The maximum atomic E-state index is 4.63. The Morgan fingerprint density at radius 3 is 2.62 bits per heavy atom. The maximum Gasteiger partial charge on any atom is 0.147 e. The quantitative estimate of drug-likeness (QED) is 0.830. The molecule has 0 amide bonds. The van der Waals surface area contributed by atoms with Crippen LogP contribution in [0.25, 0.3) is 0 Å². The van der Waals surface area contributed by atoms with Gasteiger partial charge in [-0.3, -0.25) is 4.98 Å². The number of rotatable bonds is 4. The molecule has 0 unspecified atom stereocenters. The van der Waals surface area contributed by atoms with E-state index in [2.05, 4.69) is 27.1 Å². The molecule has 16 heavy (non-hydrogen) atoms. The van der Waals surface area contributed by atoms with Gasteiger partial charge in [0.2, 0.25) is 0 Å². The van der Waals surface area contributed by atoms with E-state index in [-0.39, 0.29) is 0 Å². The highest BCUT2D eigenvalue weighted by molar-refractivity contribution is 5.40. The number of nitrogens with one attached hydrogen (secondary N) is 1. The van der Waals surface area contributed by atoms with E-state index in [0.717, 1.165) is 43.3 Å². The van der Waals surface area contributed by atoms with Gasteiger partial charge in [0.15, 0.2) is 0 Å². The number of nitrogens with zero attached hydrogens (tertiary/aromatic N) is 3. The molecule has 2 rings (SSSR count). The van der Waals surface area contributed by atoms with Crippen molar-refractivity contribution < 1.29 is 0 Å². The zero-order valence-corrected chi connectivity index (χ0v) is 10.3. The second-order valence-electron chi connectivity index (χ2n) is 4.40. The Labute approximate surface area is 97.1 Å². The van der Waals surface area contributed by atoms with Crippen molar-refractivity contribution in [3.05, 3.63) is 17.6 Å². The summed E-state index contributed by atoms with van der Waals surface area (Å²) in [5.41, 5.74) is 2.05. The lowest BCUT2D eigenvalue weighted by molar-refractivity contribution is 0.410. The predicted octanol–water partition coefficient (Wildman–Crippen LogP) is 1.28. The van der Waals surface area contributed by atoms with Crippen molar-refractivity contribution in [1.29, 1.82) is 0 Å². The summed E-state index contributed by atoms with van der Waals surface area (Å²) in [6.45, 7) is 9.41. The Bertz CT molecular complexity index is 360. The Hall–Kier alpha value is -1.16. The van der Waals surface area contributed by atoms with Crippen molar-refractivity contribution in [2.75, 3.05) is 24.5 Å². The number of hydrogen-bond acceptors (Lipinski definition) is 4. The van der Waals surface area contributed by atoms with Crippen molar-refractivity contribution in [3.63, 3.8) is 0 Å². The molecule has 4 nitrogen and oxygen atoms in total. The number of anilines is 1.